The molecular weight excluding hydrogens is 437 g/mol. The highest BCUT2D eigenvalue weighted by molar-refractivity contribution is 5.91. The number of nitrogens with one attached hydrogen (secondary N) is 2. The summed E-state index contributed by atoms with van der Waals surface area (Å²) >= 11 is 0. The minimum absolute atomic E-state index is 0.0683. The van der Waals surface area contributed by atoms with Crippen molar-refractivity contribution in [2.75, 3.05) is 36.4 Å². The molecule has 0 saturated carbocycles. The number of pyridine rings is 3. The van der Waals surface area contributed by atoms with E-state index in [9.17, 15) is 14.0 Å². The molecule has 10 heteroatoms. The smallest absolute Gasteiger partial charge is 0.231 e. The van der Waals surface area contributed by atoms with Gasteiger partial charge in [-0.25, -0.2) is 15.0 Å². The van der Waals surface area contributed by atoms with Crippen LogP contribution in [0.15, 0.2) is 48.9 Å². The Morgan fingerprint density at radius 3 is 2.47 bits per heavy atom. The predicted octanol–water partition coefficient (Wildman–Crippen LogP) is 2.34. The number of carbonyl (C=O) groups is 2. The van der Waals surface area contributed by atoms with E-state index >= 15 is 0 Å². The van der Waals surface area contributed by atoms with E-state index in [1.807, 2.05) is 24.1 Å². The first-order valence-corrected chi connectivity index (χ1v) is 11.0. The Morgan fingerprint density at radius 1 is 1.03 bits per heavy atom. The van der Waals surface area contributed by atoms with Gasteiger partial charge >= 0.3 is 0 Å². The molecule has 1 aliphatic rings. The Hall–Kier alpha value is -3.92. The van der Waals surface area contributed by atoms with Gasteiger partial charge in [-0.2, -0.15) is 4.39 Å². The lowest BCUT2D eigenvalue weighted by atomic mass is 10.0. The summed E-state index contributed by atoms with van der Waals surface area (Å²) in [4.78, 5) is 38.2. The zero-order chi connectivity index (χ0) is 24.1. The normalized spacial score (nSPS) is 14.0. The highest BCUT2D eigenvalue weighted by Gasteiger charge is 2.18. The topological polar surface area (TPSA) is 103 Å². The third-order valence-corrected chi connectivity index (χ3v) is 5.48. The molecule has 3 aromatic heterocycles. The maximum absolute atomic E-state index is 13.4. The fourth-order valence-electron chi connectivity index (χ4n) is 3.90. The third-order valence-electron chi connectivity index (χ3n) is 5.48. The van der Waals surface area contributed by atoms with E-state index in [0.29, 0.717) is 17.1 Å². The first kappa shape index (κ1) is 23.2. The van der Waals surface area contributed by atoms with Crippen LogP contribution in [-0.4, -0.2) is 58.0 Å². The van der Waals surface area contributed by atoms with E-state index in [1.54, 1.807) is 24.5 Å². The Kier molecular flexibility index (Phi) is 7.07. The number of hydrazine groups is 1. The predicted molar refractivity (Wildman–Crippen MR) is 126 cm³/mol. The summed E-state index contributed by atoms with van der Waals surface area (Å²) in [5.41, 5.74) is 6.66. The number of nitrogens with zero attached hydrogens (tertiary/aromatic N) is 5. The monoisotopic (exact) mass is 463 g/mol. The molecule has 2 N–H and O–H groups in total. The Morgan fingerprint density at radius 2 is 1.82 bits per heavy atom. The van der Waals surface area contributed by atoms with Gasteiger partial charge in [0.25, 0.3) is 0 Å². The molecule has 0 bridgehead atoms. The quantitative estimate of drug-likeness (QED) is 0.541. The van der Waals surface area contributed by atoms with Crippen LogP contribution in [0.1, 0.15) is 18.1 Å². The van der Waals surface area contributed by atoms with Crippen LogP contribution >= 0.6 is 0 Å². The van der Waals surface area contributed by atoms with Crippen LogP contribution in [0.3, 0.4) is 0 Å². The molecule has 4 heterocycles. The van der Waals surface area contributed by atoms with Crippen molar-refractivity contribution in [2.45, 2.75) is 20.3 Å². The van der Waals surface area contributed by atoms with Crippen LogP contribution in [0.4, 0.5) is 15.9 Å². The highest BCUT2D eigenvalue weighted by Crippen LogP contribution is 2.22. The number of hydrogen-bond acceptors (Lipinski definition) is 7. The number of amides is 2. The van der Waals surface area contributed by atoms with Crippen LogP contribution in [0.25, 0.3) is 11.3 Å². The minimum atomic E-state index is -0.562. The fourth-order valence-corrected chi connectivity index (χ4v) is 3.90. The number of piperazine rings is 1. The Labute approximate surface area is 197 Å². The van der Waals surface area contributed by atoms with Gasteiger partial charge in [-0.3, -0.25) is 20.0 Å². The lowest BCUT2D eigenvalue weighted by Crippen LogP contribution is -2.53. The molecule has 1 saturated heterocycles. The molecule has 0 spiro atoms. The molecule has 0 atom stereocenters. The van der Waals surface area contributed by atoms with Crippen LogP contribution in [0, 0.1) is 12.9 Å². The van der Waals surface area contributed by atoms with Gasteiger partial charge < -0.3 is 10.2 Å². The second kappa shape index (κ2) is 10.3. The van der Waals surface area contributed by atoms with Crippen molar-refractivity contribution in [1.82, 2.24) is 25.4 Å². The number of aryl methyl sites for hydroxylation is 1. The number of anilines is 2. The SMILES string of the molecule is CC(=O)NN1CCN(c2ccc(NC(=O)Cc3cnc(-c4ccnc(F)c4)c(C)c3)nc2)CC1. The van der Waals surface area contributed by atoms with Gasteiger partial charge in [-0.15, -0.1) is 0 Å². The van der Waals surface area contributed by atoms with Crippen LogP contribution in [0.2, 0.25) is 0 Å². The second-order valence-electron chi connectivity index (χ2n) is 8.14. The van der Waals surface area contributed by atoms with Gasteiger partial charge in [0.1, 0.15) is 5.82 Å². The van der Waals surface area contributed by atoms with E-state index in [2.05, 4.69) is 30.6 Å². The van der Waals surface area contributed by atoms with Crippen molar-refractivity contribution in [3.63, 3.8) is 0 Å². The highest BCUT2D eigenvalue weighted by atomic mass is 19.1. The van der Waals surface area contributed by atoms with Gasteiger partial charge in [0.05, 0.1) is 24.0 Å². The molecule has 0 radical (unpaired) electrons. The maximum atomic E-state index is 13.4. The summed E-state index contributed by atoms with van der Waals surface area (Å²) in [6.45, 7) is 6.35. The van der Waals surface area contributed by atoms with Gasteiger partial charge in [0, 0.05) is 57.1 Å². The van der Waals surface area contributed by atoms with Gasteiger partial charge in [0.15, 0.2) is 0 Å². The lowest BCUT2D eigenvalue weighted by molar-refractivity contribution is -0.123. The van der Waals surface area contributed by atoms with Crippen molar-refractivity contribution < 1.29 is 14.0 Å². The summed E-state index contributed by atoms with van der Waals surface area (Å²) in [5.74, 6) is -0.360. The van der Waals surface area contributed by atoms with Crippen LogP contribution in [0.5, 0.6) is 0 Å². The number of halogens is 1. The van der Waals surface area contributed by atoms with Crippen molar-refractivity contribution in [3.8, 4) is 11.3 Å². The number of hydrogen-bond donors (Lipinski definition) is 2. The largest absolute Gasteiger partial charge is 0.368 e. The second-order valence-corrected chi connectivity index (χ2v) is 8.14. The van der Waals surface area contributed by atoms with Crippen molar-refractivity contribution in [2.24, 2.45) is 0 Å². The number of aromatic nitrogens is 3. The van der Waals surface area contributed by atoms with E-state index in [-0.39, 0.29) is 18.2 Å². The van der Waals surface area contributed by atoms with Crippen molar-refractivity contribution in [3.05, 3.63) is 66.0 Å². The van der Waals surface area contributed by atoms with Crippen LogP contribution < -0.4 is 15.6 Å². The third kappa shape index (κ3) is 5.90. The molecule has 4 rings (SSSR count). The molecule has 2 amide bonds. The fraction of sp³-hybridized carbons (Fsp3) is 0.292. The average Bonchev–Trinajstić information content (AvgIpc) is 2.80. The summed E-state index contributed by atoms with van der Waals surface area (Å²) in [6.07, 6.45) is 4.90. The molecule has 0 unspecified atom stereocenters. The molecule has 176 valence electrons. The van der Waals surface area contributed by atoms with Crippen molar-refractivity contribution in [1.29, 1.82) is 0 Å². The van der Waals surface area contributed by atoms with Gasteiger partial charge in [0.2, 0.25) is 17.8 Å². The number of carbonyl (C=O) groups excluding carboxylic acids is 2. The zero-order valence-electron chi connectivity index (χ0n) is 19.1. The maximum Gasteiger partial charge on any atom is 0.231 e. The van der Waals surface area contributed by atoms with Crippen molar-refractivity contribution >= 4 is 23.3 Å². The summed E-state index contributed by atoms with van der Waals surface area (Å²) in [5, 5.41) is 4.71. The standard InChI is InChI=1S/C24H26FN7O2/c1-16-11-18(14-28-24(16)19-5-6-26-21(25)13-19)12-23(34)29-22-4-3-20(15-27-22)31-7-9-32(10-8-31)30-17(2)33/h3-6,11,13-15H,7-10,12H2,1-2H3,(H,30,33)(H,27,29,34). The van der Waals surface area contributed by atoms with Gasteiger partial charge in [-0.05, 0) is 36.2 Å². The minimum Gasteiger partial charge on any atom is -0.368 e. The molecule has 1 fully saturated rings. The van der Waals surface area contributed by atoms with Gasteiger partial charge in [-0.1, -0.05) is 6.07 Å². The Balaban J connectivity index is 1.32. The molecule has 0 aromatic carbocycles. The molecule has 1 aliphatic heterocycles. The Bertz CT molecular complexity index is 1180. The van der Waals surface area contributed by atoms with E-state index in [4.69, 9.17) is 0 Å². The first-order chi connectivity index (χ1) is 16.4. The average molecular weight is 464 g/mol. The molecular formula is C24H26FN7O2. The molecule has 3 aromatic rings. The molecule has 34 heavy (non-hydrogen) atoms. The number of rotatable bonds is 6. The molecule has 0 aliphatic carbocycles. The summed E-state index contributed by atoms with van der Waals surface area (Å²) in [6, 6.07) is 8.60. The van der Waals surface area contributed by atoms with Crippen LogP contribution in [-0.2, 0) is 16.0 Å². The zero-order valence-corrected chi connectivity index (χ0v) is 19.1. The summed E-state index contributed by atoms with van der Waals surface area (Å²) < 4.78 is 13.4. The summed E-state index contributed by atoms with van der Waals surface area (Å²) in [7, 11) is 0. The first-order valence-electron chi connectivity index (χ1n) is 11.0. The van der Waals surface area contributed by atoms with E-state index < -0.39 is 5.95 Å². The van der Waals surface area contributed by atoms with E-state index in [0.717, 1.165) is 43.0 Å². The molecule has 9 nitrogen and oxygen atoms in total. The lowest BCUT2D eigenvalue weighted by Gasteiger charge is -2.35. The van der Waals surface area contributed by atoms with E-state index in [1.165, 1.54) is 19.2 Å².